The highest BCUT2D eigenvalue weighted by molar-refractivity contribution is 6.29. The van der Waals surface area contributed by atoms with Crippen molar-refractivity contribution in [3.8, 4) is 0 Å². The van der Waals surface area contributed by atoms with Gasteiger partial charge in [-0.15, -0.1) is 0 Å². The molecule has 1 atom stereocenters. The largest absolute Gasteiger partial charge is 0.416 e. The number of carbonyl (C=O) groups is 1. The molecule has 0 saturated carbocycles. The van der Waals surface area contributed by atoms with Crippen LogP contribution in [0.3, 0.4) is 0 Å². The van der Waals surface area contributed by atoms with E-state index in [0.29, 0.717) is 25.2 Å². The Hall–Kier alpha value is -2.61. The first-order valence-corrected chi connectivity index (χ1v) is 9.55. The van der Waals surface area contributed by atoms with E-state index in [9.17, 15) is 18.0 Å². The number of fused-ring (bicyclic) bond motifs is 1. The highest BCUT2D eigenvalue weighted by Crippen LogP contribution is 2.36. The normalized spacial score (nSPS) is 12.9. The third-order valence-electron chi connectivity index (χ3n) is 4.80. The van der Waals surface area contributed by atoms with Crippen molar-refractivity contribution in [1.29, 1.82) is 0 Å². The maximum Gasteiger partial charge on any atom is 0.416 e. The van der Waals surface area contributed by atoms with Crippen LogP contribution in [-0.4, -0.2) is 38.5 Å². The molecule has 0 saturated heterocycles. The van der Waals surface area contributed by atoms with Gasteiger partial charge in [0, 0.05) is 13.1 Å². The van der Waals surface area contributed by atoms with E-state index in [4.69, 9.17) is 11.6 Å². The van der Waals surface area contributed by atoms with Gasteiger partial charge in [-0.05, 0) is 43.0 Å². The molecule has 0 fully saturated rings. The summed E-state index contributed by atoms with van der Waals surface area (Å²) in [5.74, 6) is -0.665. The first kappa shape index (κ1) is 21.1. The number of alkyl halides is 3. The van der Waals surface area contributed by atoms with E-state index < -0.39 is 11.7 Å². The van der Waals surface area contributed by atoms with Crippen molar-refractivity contribution in [3.63, 3.8) is 0 Å². The van der Waals surface area contributed by atoms with Crippen LogP contribution >= 0.6 is 11.6 Å². The van der Waals surface area contributed by atoms with Crippen molar-refractivity contribution >= 4 is 23.2 Å². The van der Waals surface area contributed by atoms with Crippen LogP contribution in [0.25, 0.3) is 5.65 Å². The molecule has 29 heavy (non-hydrogen) atoms. The fraction of sp³-hybridized carbons (Fsp3) is 0.350. The molecule has 1 aromatic carbocycles. The van der Waals surface area contributed by atoms with Crippen LogP contribution in [0.5, 0.6) is 0 Å². The molecule has 5 nitrogen and oxygen atoms in total. The average molecular weight is 425 g/mol. The molecule has 0 spiro atoms. The molecular formula is C20H20ClF3N4O. The van der Waals surface area contributed by atoms with Gasteiger partial charge >= 0.3 is 6.18 Å². The van der Waals surface area contributed by atoms with E-state index >= 15 is 0 Å². The standard InChI is InChI=1S/C20H20ClF3N4O/c1-3-27(19(29)16-12-28-18(25-16)9-8-17(21)26-28)11-10-13(2)14-6-4-5-7-15(14)20(22,23)24/h4-9,12-13H,3,10-11H2,1-2H3. The van der Waals surface area contributed by atoms with Crippen molar-refractivity contribution in [2.45, 2.75) is 32.4 Å². The number of rotatable bonds is 6. The quantitative estimate of drug-likeness (QED) is 0.556. The number of benzene rings is 1. The second-order valence-corrected chi connectivity index (χ2v) is 7.13. The lowest BCUT2D eigenvalue weighted by Crippen LogP contribution is -2.32. The molecule has 1 unspecified atom stereocenters. The monoisotopic (exact) mass is 424 g/mol. The van der Waals surface area contributed by atoms with Gasteiger partial charge in [0.15, 0.2) is 5.65 Å². The first-order chi connectivity index (χ1) is 13.7. The highest BCUT2D eigenvalue weighted by atomic mass is 35.5. The Balaban J connectivity index is 1.73. The van der Waals surface area contributed by atoms with E-state index in [-0.39, 0.29) is 28.2 Å². The summed E-state index contributed by atoms with van der Waals surface area (Å²) in [4.78, 5) is 18.6. The number of aromatic nitrogens is 3. The zero-order chi connectivity index (χ0) is 21.2. The molecule has 3 aromatic rings. The summed E-state index contributed by atoms with van der Waals surface area (Å²) in [6.45, 7) is 4.27. The predicted octanol–water partition coefficient (Wildman–Crippen LogP) is 5.06. The molecule has 154 valence electrons. The Kier molecular flexibility index (Phi) is 6.12. The van der Waals surface area contributed by atoms with E-state index in [1.165, 1.54) is 22.8 Å². The predicted molar refractivity (Wildman–Crippen MR) is 104 cm³/mol. The van der Waals surface area contributed by atoms with Crippen molar-refractivity contribution < 1.29 is 18.0 Å². The summed E-state index contributed by atoms with van der Waals surface area (Å²) in [6, 6.07) is 8.78. The molecular weight excluding hydrogens is 405 g/mol. The van der Waals surface area contributed by atoms with Crippen LogP contribution in [-0.2, 0) is 6.18 Å². The van der Waals surface area contributed by atoms with Gasteiger partial charge < -0.3 is 4.90 Å². The molecule has 0 N–H and O–H groups in total. The number of nitrogens with zero attached hydrogens (tertiary/aromatic N) is 4. The summed E-state index contributed by atoms with van der Waals surface area (Å²) in [6.07, 6.45) is -2.52. The van der Waals surface area contributed by atoms with Gasteiger partial charge in [-0.3, -0.25) is 4.79 Å². The summed E-state index contributed by atoms with van der Waals surface area (Å²) in [5, 5.41) is 4.33. The minimum absolute atomic E-state index is 0.213. The molecule has 2 aromatic heterocycles. The maximum atomic E-state index is 13.3. The van der Waals surface area contributed by atoms with Crippen LogP contribution in [0, 0.1) is 0 Å². The summed E-state index contributed by atoms with van der Waals surface area (Å²) in [7, 11) is 0. The SMILES string of the molecule is CCN(CCC(C)c1ccccc1C(F)(F)F)C(=O)c1cn2nc(Cl)ccc2n1. The lowest BCUT2D eigenvalue weighted by atomic mass is 9.92. The van der Waals surface area contributed by atoms with Crippen molar-refractivity contribution in [3.05, 3.63) is 64.6 Å². The van der Waals surface area contributed by atoms with Crippen LogP contribution in [0.2, 0.25) is 5.15 Å². The van der Waals surface area contributed by atoms with Gasteiger partial charge in [0.1, 0.15) is 10.8 Å². The zero-order valence-electron chi connectivity index (χ0n) is 15.9. The third kappa shape index (κ3) is 4.70. The Morgan fingerprint density at radius 2 is 1.97 bits per heavy atom. The number of amides is 1. The highest BCUT2D eigenvalue weighted by Gasteiger charge is 2.34. The summed E-state index contributed by atoms with van der Waals surface area (Å²) >= 11 is 5.85. The number of imidazole rings is 1. The van der Waals surface area contributed by atoms with Crippen molar-refractivity contribution in [2.75, 3.05) is 13.1 Å². The minimum Gasteiger partial charge on any atom is -0.338 e. The zero-order valence-corrected chi connectivity index (χ0v) is 16.7. The number of hydrogen-bond donors (Lipinski definition) is 0. The smallest absolute Gasteiger partial charge is 0.338 e. The van der Waals surface area contributed by atoms with Gasteiger partial charge in [-0.2, -0.15) is 18.3 Å². The molecule has 0 aliphatic rings. The topological polar surface area (TPSA) is 50.5 Å². The van der Waals surface area contributed by atoms with Crippen LogP contribution in [0.4, 0.5) is 13.2 Å². The van der Waals surface area contributed by atoms with Crippen molar-refractivity contribution in [1.82, 2.24) is 19.5 Å². The van der Waals surface area contributed by atoms with E-state index in [0.717, 1.165) is 6.07 Å². The average Bonchev–Trinajstić information content (AvgIpc) is 3.10. The Bertz CT molecular complexity index is 1020. The first-order valence-electron chi connectivity index (χ1n) is 9.18. The van der Waals surface area contributed by atoms with Gasteiger partial charge in [0.05, 0.1) is 11.8 Å². The number of hydrogen-bond acceptors (Lipinski definition) is 3. The van der Waals surface area contributed by atoms with Gasteiger partial charge in [0.2, 0.25) is 0 Å². The molecule has 0 aliphatic carbocycles. The van der Waals surface area contributed by atoms with Crippen LogP contribution in [0.1, 0.15) is 47.8 Å². The van der Waals surface area contributed by atoms with Crippen molar-refractivity contribution in [2.24, 2.45) is 0 Å². The Morgan fingerprint density at radius 1 is 1.24 bits per heavy atom. The van der Waals surface area contributed by atoms with Crippen LogP contribution < -0.4 is 0 Å². The van der Waals surface area contributed by atoms with E-state index in [2.05, 4.69) is 10.1 Å². The Labute approximate surface area is 171 Å². The van der Waals surface area contributed by atoms with E-state index in [1.807, 2.05) is 6.92 Å². The molecule has 0 aliphatic heterocycles. The molecule has 2 heterocycles. The van der Waals surface area contributed by atoms with Gasteiger partial charge in [-0.25, -0.2) is 9.50 Å². The van der Waals surface area contributed by atoms with Gasteiger partial charge in [0.25, 0.3) is 5.91 Å². The fourth-order valence-corrected chi connectivity index (χ4v) is 3.36. The molecule has 0 radical (unpaired) electrons. The minimum atomic E-state index is -4.41. The summed E-state index contributed by atoms with van der Waals surface area (Å²) < 4.78 is 41.2. The molecule has 1 amide bonds. The summed E-state index contributed by atoms with van der Waals surface area (Å²) in [5.41, 5.74) is 0.298. The molecule has 3 rings (SSSR count). The Morgan fingerprint density at radius 3 is 2.66 bits per heavy atom. The van der Waals surface area contributed by atoms with Gasteiger partial charge in [-0.1, -0.05) is 36.7 Å². The van der Waals surface area contributed by atoms with E-state index in [1.54, 1.807) is 30.0 Å². The fourth-order valence-electron chi connectivity index (χ4n) is 3.22. The molecule has 9 heteroatoms. The number of carbonyl (C=O) groups excluding carboxylic acids is 1. The third-order valence-corrected chi connectivity index (χ3v) is 5.01. The lowest BCUT2D eigenvalue weighted by Gasteiger charge is -2.23. The number of halogens is 4. The van der Waals surface area contributed by atoms with Crippen LogP contribution in [0.15, 0.2) is 42.6 Å². The lowest BCUT2D eigenvalue weighted by molar-refractivity contribution is -0.138. The second kappa shape index (κ2) is 8.41. The molecule has 0 bridgehead atoms. The second-order valence-electron chi connectivity index (χ2n) is 6.74. The maximum absolute atomic E-state index is 13.3.